The smallest absolute Gasteiger partial charge is 0.338 e. The van der Waals surface area contributed by atoms with Crippen LogP contribution in [0.5, 0.6) is 5.75 Å². The molecule has 4 aliphatic rings. The summed E-state index contributed by atoms with van der Waals surface area (Å²) in [6.07, 6.45) is 0.885. The molecule has 11 atom stereocenters. The fourth-order valence-corrected chi connectivity index (χ4v) is 10.3. The van der Waals surface area contributed by atoms with E-state index in [1.54, 1.807) is 55.6 Å². The quantitative estimate of drug-likeness (QED) is 0.0381. The maximum atomic E-state index is 13.7. The van der Waals surface area contributed by atoms with Crippen LogP contribution in [0.1, 0.15) is 119 Å². The number of rotatable bonds is 23. The second-order valence-electron chi connectivity index (χ2n) is 21.0. The van der Waals surface area contributed by atoms with E-state index in [0.717, 1.165) is 40.9 Å². The molecule has 0 unspecified atom stereocenters. The molecule has 0 amide bonds. The van der Waals surface area contributed by atoms with Gasteiger partial charge in [-0.05, 0) is 119 Å². The molecule has 3 aromatic rings. The molecule has 3 saturated heterocycles. The molecule has 15 nitrogen and oxygen atoms in total. The summed E-state index contributed by atoms with van der Waals surface area (Å²) in [6, 6.07) is 25.3. The van der Waals surface area contributed by atoms with E-state index in [0.29, 0.717) is 56.3 Å². The van der Waals surface area contributed by atoms with Gasteiger partial charge in [0.25, 0.3) is 0 Å². The number of ether oxygens (including phenoxy) is 11. The van der Waals surface area contributed by atoms with Crippen LogP contribution < -0.4 is 4.74 Å². The summed E-state index contributed by atoms with van der Waals surface area (Å²) in [5.41, 5.74) is 4.18. The van der Waals surface area contributed by atoms with E-state index < -0.39 is 66.1 Å². The number of esters is 4. The van der Waals surface area contributed by atoms with Crippen molar-refractivity contribution in [3.05, 3.63) is 125 Å². The summed E-state index contributed by atoms with van der Waals surface area (Å²) in [7, 11) is 3.07. The number of methoxy groups -OCH3 is 2. The van der Waals surface area contributed by atoms with Gasteiger partial charge in [0.1, 0.15) is 25.1 Å². The lowest BCUT2D eigenvalue weighted by Gasteiger charge is -2.51. The third-order valence-corrected chi connectivity index (χ3v) is 14.3. The number of hydrogen-bond acceptors (Lipinski definition) is 15. The van der Waals surface area contributed by atoms with E-state index in [9.17, 15) is 19.2 Å². The second-order valence-corrected chi connectivity index (χ2v) is 21.0. The van der Waals surface area contributed by atoms with Gasteiger partial charge in [0.05, 0.1) is 98.4 Å². The Hall–Kier alpha value is -5.42. The van der Waals surface area contributed by atoms with Gasteiger partial charge in [-0.1, -0.05) is 67.6 Å². The van der Waals surface area contributed by atoms with Gasteiger partial charge in [0.15, 0.2) is 0 Å². The highest BCUT2D eigenvalue weighted by Crippen LogP contribution is 2.42. The normalized spacial score (nSPS) is 27.0. The molecule has 0 radical (unpaired) electrons. The van der Waals surface area contributed by atoms with Gasteiger partial charge in [0.2, 0.25) is 0 Å². The van der Waals surface area contributed by atoms with Crippen molar-refractivity contribution in [2.45, 2.75) is 160 Å². The van der Waals surface area contributed by atoms with Gasteiger partial charge in [-0.15, -0.1) is 0 Å². The van der Waals surface area contributed by atoms with E-state index >= 15 is 0 Å². The summed E-state index contributed by atoms with van der Waals surface area (Å²) in [6.45, 7) is 14.5. The molecule has 0 bridgehead atoms. The average molecular weight is 1030 g/mol. The minimum atomic E-state index is -0.740. The van der Waals surface area contributed by atoms with Gasteiger partial charge in [-0.25, -0.2) is 14.4 Å². The van der Waals surface area contributed by atoms with E-state index in [2.05, 4.69) is 20.4 Å². The largest absolute Gasteiger partial charge is 0.497 e. The summed E-state index contributed by atoms with van der Waals surface area (Å²) < 4.78 is 68.3. The predicted molar refractivity (Wildman–Crippen MR) is 274 cm³/mol. The number of hydrogen-bond donors (Lipinski definition) is 0. The molecule has 0 saturated carbocycles. The Morgan fingerprint density at radius 3 is 2.05 bits per heavy atom. The maximum absolute atomic E-state index is 13.7. The first-order valence-corrected chi connectivity index (χ1v) is 26.1. The molecule has 4 heterocycles. The molecule has 0 aromatic heterocycles. The highest BCUT2D eigenvalue weighted by atomic mass is 16.6. The number of carbonyl (C=O) groups is 4. The standard InChI is InChI=1S/C59H76O15/c1-37-30-45(25-26-47-38(2)31-44(70-47)20-15-28-67-58(63)59(4,5)6)71-49(46(37)35-68-53(60)36-64-7)32-51-54(69-34-40-21-23-43(65-8)24-22-40)39(3)55-52(72-51)33-50(74-57(62)42-18-13-10-14-19-42)48(73-55)27-29-66-56(61)41-16-11-9-12-17-41/h9-14,16-19,21-24,39,44-45,47-52,54-55H,2,15,20,25-36H2,1,3-8H3/t39-,44+,45+,47+,48-,49-,50-,51+,52+,54-,55+/m1/s1. The Labute approximate surface area is 436 Å². The second kappa shape index (κ2) is 26.9. The minimum Gasteiger partial charge on any atom is -0.497 e. The predicted octanol–water partition coefficient (Wildman–Crippen LogP) is 9.53. The molecular weight excluding hydrogens is 949 g/mol. The molecule has 74 heavy (non-hydrogen) atoms. The van der Waals surface area contributed by atoms with Crippen LogP contribution in [-0.2, 0) is 63.6 Å². The molecule has 3 fully saturated rings. The number of benzene rings is 3. The first-order chi connectivity index (χ1) is 35.6. The first-order valence-electron chi connectivity index (χ1n) is 26.1. The third-order valence-electron chi connectivity index (χ3n) is 14.3. The lowest BCUT2D eigenvalue weighted by molar-refractivity contribution is -0.277. The van der Waals surface area contributed by atoms with Crippen molar-refractivity contribution >= 4 is 23.9 Å². The maximum Gasteiger partial charge on any atom is 0.338 e. The zero-order chi connectivity index (χ0) is 52.8. The van der Waals surface area contributed by atoms with Gasteiger partial charge in [-0.3, -0.25) is 4.79 Å². The van der Waals surface area contributed by atoms with Crippen molar-refractivity contribution in [3.8, 4) is 5.75 Å². The zero-order valence-corrected chi connectivity index (χ0v) is 44.2. The summed E-state index contributed by atoms with van der Waals surface area (Å²) in [5, 5.41) is 0. The van der Waals surface area contributed by atoms with Crippen LogP contribution in [0.25, 0.3) is 0 Å². The fourth-order valence-electron chi connectivity index (χ4n) is 10.3. The molecule has 0 N–H and O–H groups in total. The minimum absolute atomic E-state index is 0.00215. The van der Waals surface area contributed by atoms with Crippen molar-refractivity contribution in [1.29, 1.82) is 0 Å². The molecule has 0 aliphatic carbocycles. The molecular formula is C59H76O15. The van der Waals surface area contributed by atoms with Crippen LogP contribution in [-0.4, -0.2) is 126 Å². The molecule has 402 valence electrons. The molecule has 15 heteroatoms. The Kier molecular flexibility index (Phi) is 20.5. The Morgan fingerprint density at radius 2 is 1.38 bits per heavy atom. The van der Waals surface area contributed by atoms with Crippen molar-refractivity contribution in [1.82, 2.24) is 0 Å². The fraction of sp³-hybridized carbons (Fsp3) is 0.559. The van der Waals surface area contributed by atoms with Gasteiger partial charge in [-0.2, -0.15) is 0 Å². The zero-order valence-electron chi connectivity index (χ0n) is 44.2. The van der Waals surface area contributed by atoms with E-state index in [4.69, 9.17) is 52.1 Å². The van der Waals surface area contributed by atoms with Gasteiger partial charge < -0.3 is 52.1 Å². The summed E-state index contributed by atoms with van der Waals surface area (Å²) in [4.78, 5) is 51.7. The highest BCUT2D eigenvalue weighted by molar-refractivity contribution is 5.90. The van der Waals surface area contributed by atoms with Crippen molar-refractivity contribution in [2.75, 3.05) is 40.6 Å². The summed E-state index contributed by atoms with van der Waals surface area (Å²) >= 11 is 0. The summed E-state index contributed by atoms with van der Waals surface area (Å²) in [5.74, 6) is -1.17. The molecule has 7 rings (SSSR count). The lowest BCUT2D eigenvalue weighted by atomic mass is 9.80. The van der Waals surface area contributed by atoms with Crippen LogP contribution in [0.3, 0.4) is 0 Å². The molecule has 4 aliphatic heterocycles. The SMILES string of the molecule is C=C1C[C@H](CCCOC(=O)C(C)(C)C)O[C@H]1CC[C@H]1CC(C)=C(COC(=O)COC)[C@@H](C[C@@H]2O[C@H]3C[C@@H](OC(=O)c4ccccc4)[C@@H](CCOC(=O)c4ccccc4)O[C@H]3[C@H](C)[C@H]2OCc2ccc(OC)cc2)O1. The third kappa shape index (κ3) is 15.6. The van der Waals surface area contributed by atoms with Crippen molar-refractivity contribution in [2.24, 2.45) is 11.3 Å². The van der Waals surface area contributed by atoms with Crippen LogP contribution >= 0.6 is 0 Å². The van der Waals surface area contributed by atoms with E-state index in [-0.39, 0.29) is 63.0 Å². The van der Waals surface area contributed by atoms with Crippen LogP contribution in [0.15, 0.2) is 108 Å². The Bertz CT molecular complexity index is 2340. The number of fused-ring (bicyclic) bond motifs is 1. The van der Waals surface area contributed by atoms with Crippen molar-refractivity contribution in [3.63, 3.8) is 0 Å². The molecule has 3 aromatic carbocycles. The van der Waals surface area contributed by atoms with Crippen molar-refractivity contribution < 1.29 is 71.3 Å². The van der Waals surface area contributed by atoms with Crippen LogP contribution in [0.2, 0.25) is 0 Å². The first kappa shape index (κ1) is 56.3. The Balaban J connectivity index is 1.09. The lowest BCUT2D eigenvalue weighted by Crippen LogP contribution is -2.61. The highest BCUT2D eigenvalue weighted by Gasteiger charge is 2.52. The molecule has 0 spiro atoms. The monoisotopic (exact) mass is 1020 g/mol. The average Bonchev–Trinajstić information content (AvgIpc) is 3.75. The van der Waals surface area contributed by atoms with Gasteiger partial charge in [0, 0.05) is 32.3 Å². The number of carbonyl (C=O) groups excluding carboxylic acids is 4. The van der Waals surface area contributed by atoms with Crippen LogP contribution in [0.4, 0.5) is 0 Å². The van der Waals surface area contributed by atoms with Gasteiger partial charge >= 0.3 is 23.9 Å². The van der Waals surface area contributed by atoms with Crippen LogP contribution in [0, 0.1) is 11.3 Å². The van der Waals surface area contributed by atoms with E-state index in [1.807, 2.05) is 57.2 Å². The topological polar surface area (TPSA) is 170 Å². The Morgan fingerprint density at radius 1 is 0.703 bits per heavy atom. The van der Waals surface area contributed by atoms with E-state index in [1.165, 1.54) is 7.11 Å².